The van der Waals surface area contributed by atoms with Crippen molar-refractivity contribution in [3.05, 3.63) is 52.5 Å². The molecule has 0 spiro atoms. The van der Waals surface area contributed by atoms with Crippen molar-refractivity contribution >= 4 is 29.0 Å². The Kier molecular flexibility index (Phi) is 5.86. The number of carbonyl (C=O) groups excluding carboxylic acids is 1. The van der Waals surface area contributed by atoms with E-state index in [9.17, 15) is 4.79 Å². The van der Waals surface area contributed by atoms with Gasteiger partial charge < -0.3 is 19.7 Å². The largest absolute Gasteiger partial charge is 0.493 e. The van der Waals surface area contributed by atoms with Crippen molar-refractivity contribution < 1.29 is 14.3 Å². The van der Waals surface area contributed by atoms with Crippen LogP contribution >= 0.6 is 11.6 Å². The predicted octanol–water partition coefficient (Wildman–Crippen LogP) is 3.50. The minimum absolute atomic E-state index is 0.0786. The van der Waals surface area contributed by atoms with Gasteiger partial charge in [-0.3, -0.25) is 9.79 Å². The highest BCUT2D eigenvalue weighted by atomic mass is 35.5. The number of benzene rings is 2. The molecule has 0 saturated carbocycles. The Hall–Kier alpha value is -2.73. The van der Waals surface area contributed by atoms with Gasteiger partial charge in [0, 0.05) is 18.6 Å². The quantitative estimate of drug-likeness (QED) is 0.852. The molecular formula is C20H22ClN3O3. The Labute approximate surface area is 163 Å². The molecule has 1 heterocycles. The van der Waals surface area contributed by atoms with Crippen LogP contribution in [0.15, 0.2) is 41.4 Å². The van der Waals surface area contributed by atoms with E-state index in [0.717, 1.165) is 23.5 Å². The van der Waals surface area contributed by atoms with Gasteiger partial charge in [0.2, 0.25) is 0 Å². The fourth-order valence-corrected chi connectivity index (χ4v) is 3.12. The summed E-state index contributed by atoms with van der Waals surface area (Å²) in [5.41, 5.74) is 2.37. The fourth-order valence-electron chi connectivity index (χ4n) is 2.95. The average Bonchev–Trinajstić information content (AvgIpc) is 2.78. The molecule has 142 valence electrons. The molecule has 0 aromatic heterocycles. The van der Waals surface area contributed by atoms with Crippen molar-refractivity contribution in [1.29, 1.82) is 0 Å². The van der Waals surface area contributed by atoms with Crippen LogP contribution in [0.25, 0.3) is 0 Å². The van der Waals surface area contributed by atoms with Crippen LogP contribution in [-0.2, 0) is 6.42 Å². The molecule has 2 aromatic rings. The summed E-state index contributed by atoms with van der Waals surface area (Å²) in [5, 5.41) is 3.79. The van der Waals surface area contributed by atoms with Crippen LogP contribution in [0.1, 0.15) is 15.9 Å². The monoisotopic (exact) mass is 387 g/mol. The number of methoxy groups -OCH3 is 2. The lowest BCUT2D eigenvalue weighted by atomic mass is 10.1. The van der Waals surface area contributed by atoms with E-state index < -0.39 is 0 Å². The number of amidine groups is 1. The topological polar surface area (TPSA) is 63.2 Å². The van der Waals surface area contributed by atoms with Gasteiger partial charge >= 0.3 is 0 Å². The minimum Gasteiger partial charge on any atom is -0.493 e. The number of carbonyl (C=O) groups is 1. The first-order chi connectivity index (χ1) is 13.0. The van der Waals surface area contributed by atoms with Gasteiger partial charge in [0.1, 0.15) is 5.84 Å². The highest BCUT2D eigenvalue weighted by Gasteiger charge is 2.22. The smallest absolute Gasteiger partial charge is 0.256 e. The van der Waals surface area contributed by atoms with Crippen LogP contribution < -0.4 is 14.8 Å². The first kappa shape index (κ1) is 19.0. The van der Waals surface area contributed by atoms with Gasteiger partial charge in [-0.2, -0.15) is 0 Å². The molecule has 1 aliphatic rings. The van der Waals surface area contributed by atoms with Crippen LogP contribution in [0.4, 0.5) is 5.69 Å². The van der Waals surface area contributed by atoms with Gasteiger partial charge in [-0.05, 0) is 42.3 Å². The van der Waals surface area contributed by atoms with Gasteiger partial charge in [-0.25, -0.2) is 0 Å². The molecule has 0 saturated heterocycles. The molecule has 1 amide bonds. The van der Waals surface area contributed by atoms with Crippen LogP contribution in [0.3, 0.4) is 0 Å². The van der Waals surface area contributed by atoms with Crippen molar-refractivity contribution in [2.45, 2.75) is 6.42 Å². The summed E-state index contributed by atoms with van der Waals surface area (Å²) >= 11 is 6.03. The molecule has 0 aliphatic carbocycles. The Morgan fingerprint density at radius 1 is 1.15 bits per heavy atom. The lowest BCUT2D eigenvalue weighted by Gasteiger charge is -2.14. The fraction of sp³-hybridized carbons (Fsp3) is 0.300. The summed E-state index contributed by atoms with van der Waals surface area (Å²) in [6.45, 7) is 1.000. The zero-order valence-corrected chi connectivity index (χ0v) is 16.3. The molecule has 3 rings (SSSR count). The van der Waals surface area contributed by atoms with Gasteiger partial charge in [0.05, 0.1) is 32.0 Å². The predicted molar refractivity (Wildman–Crippen MR) is 108 cm³/mol. The number of fused-ring (bicyclic) bond motifs is 1. The maximum absolute atomic E-state index is 12.5. The van der Waals surface area contributed by atoms with E-state index in [1.54, 1.807) is 44.4 Å². The standard InChI is InChI=1S/C20H22ClN3O3/c1-24-12-19(23-16-6-5-14(21)11-15(16)20(24)25)22-9-8-13-4-7-17(26-2)18(10-13)27-3/h4-7,10-11H,8-9,12H2,1-3H3,(H,22,23). The second-order valence-electron chi connectivity index (χ2n) is 6.24. The highest BCUT2D eigenvalue weighted by molar-refractivity contribution is 6.31. The van der Waals surface area contributed by atoms with E-state index in [1.165, 1.54) is 0 Å². The summed E-state index contributed by atoms with van der Waals surface area (Å²) in [5.74, 6) is 2.07. The van der Waals surface area contributed by atoms with E-state index in [2.05, 4.69) is 10.3 Å². The number of hydrogen-bond donors (Lipinski definition) is 1. The maximum Gasteiger partial charge on any atom is 0.256 e. The van der Waals surface area contributed by atoms with Crippen molar-refractivity contribution in [3.63, 3.8) is 0 Å². The SMILES string of the molecule is COc1ccc(CCN=C2CN(C)C(=O)c3cc(Cl)ccc3N2)cc1OC. The number of amides is 1. The molecule has 0 fully saturated rings. The van der Waals surface area contributed by atoms with E-state index in [1.807, 2.05) is 18.2 Å². The van der Waals surface area contributed by atoms with Crippen LogP contribution in [0, 0.1) is 0 Å². The molecule has 0 atom stereocenters. The van der Waals surface area contributed by atoms with Crippen molar-refractivity contribution in [1.82, 2.24) is 4.90 Å². The number of halogens is 1. The Morgan fingerprint density at radius 3 is 2.67 bits per heavy atom. The first-order valence-electron chi connectivity index (χ1n) is 8.58. The summed E-state index contributed by atoms with van der Waals surface area (Å²) in [7, 11) is 4.99. The summed E-state index contributed by atoms with van der Waals surface area (Å²) < 4.78 is 10.6. The number of ether oxygens (including phenoxy) is 2. The first-order valence-corrected chi connectivity index (χ1v) is 8.96. The normalized spacial score (nSPS) is 15.2. The molecular weight excluding hydrogens is 366 g/mol. The summed E-state index contributed by atoms with van der Waals surface area (Å²) in [6.07, 6.45) is 0.747. The van der Waals surface area contributed by atoms with Gasteiger partial charge in [0.25, 0.3) is 5.91 Å². The van der Waals surface area contributed by atoms with E-state index in [0.29, 0.717) is 35.2 Å². The lowest BCUT2D eigenvalue weighted by Crippen LogP contribution is -2.31. The molecule has 0 unspecified atom stereocenters. The molecule has 7 heteroatoms. The van der Waals surface area contributed by atoms with Gasteiger partial charge in [-0.1, -0.05) is 17.7 Å². The molecule has 1 N–H and O–H groups in total. The third-order valence-corrected chi connectivity index (χ3v) is 4.61. The van der Waals surface area contributed by atoms with Crippen molar-refractivity contribution in [2.75, 3.05) is 39.7 Å². The van der Waals surface area contributed by atoms with Gasteiger partial charge in [-0.15, -0.1) is 0 Å². The second kappa shape index (κ2) is 8.31. The number of anilines is 1. The second-order valence-corrected chi connectivity index (χ2v) is 6.68. The maximum atomic E-state index is 12.5. The zero-order valence-electron chi connectivity index (χ0n) is 15.6. The molecule has 1 aliphatic heterocycles. The Bertz CT molecular complexity index is 883. The Morgan fingerprint density at radius 2 is 1.93 bits per heavy atom. The average molecular weight is 388 g/mol. The number of aliphatic imine (C=N–C) groups is 1. The molecule has 27 heavy (non-hydrogen) atoms. The number of likely N-dealkylation sites (N-methyl/N-ethyl adjacent to an activating group) is 1. The van der Waals surface area contributed by atoms with E-state index in [-0.39, 0.29) is 5.91 Å². The minimum atomic E-state index is -0.0786. The number of nitrogens with one attached hydrogen (secondary N) is 1. The van der Waals surface area contributed by atoms with Crippen LogP contribution in [0.5, 0.6) is 11.5 Å². The molecule has 2 aromatic carbocycles. The Balaban J connectivity index is 1.74. The molecule has 0 radical (unpaired) electrons. The highest BCUT2D eigenvalue weighted by Crippen LogP contribution is 2.28. The lowest BCUT2D eigenvalue weighted by molar-refractivity contribution is 0.0817. The van der Waals surface area contributed by atoms with Crippen molar-refractivity contribution in [3.8, 4) is 11.5 Å². The number of rotatable bonds is 5. The zero-order chi connectivity index (χ0) is 19.4. The van der Waals surface area contributed by atoms with E-state index in [4.69, 9.17) is 21.1 Å². The molecule has 6 nitrogen and oxygen atoms in total. The third kappa shape index (κ3) is 4.34. The summed E-state index contributed by atoms with van der Waals surface area (Å²) in [6, 6.07) is 11.1. The summed E-state index contributed by atoms with van der Waals surface area (Å²) in [4.78, 5) is 18.8. The molecule has 0 bridgehead atoms. The number of hydrogen-bond acceptors (Lipinski definition) is 4. The van der Waals surface area contributed by atoms with E-state index >= 15 is 0 Å². The van der Waals surface area contributed by atoms with Gasteiger partial charge in [0.15, 0.2) is 11.5 Å². The van der Waals surface area contributed by atoms with Crippen molar-refractivity contribution in [2.24, 2.45) is 4.99 Å². The van der Waals surface area contributed by atoms with Crippen LogP contribution in [-0.4, -0.2) is 51.0 Å². The number of nitrogens with zero attached hydrogens (tertiary/aromatic N) is 2. The van der Waals surface area contributed by atoms with Crippen LogP contribution in [0.2, 0.25) is 5.02 Å². The third-order valence-electron chi connectivity index (χ3n) is 4.38.